The second-order valence-corrected chi connectivity index (χ2v) is 4.87. The van der Waals surface area contributed by atoms with Crippen molar-refractivity contribution in [2.24, 2.45) is 0 Å². The molecule has 0 radical (unpaired) electrons. The molecule has 0 bridgehead atoms. The Bertz CT molecular complexity index is 734. The number of nitro groups is 1. The maximum atomic E-state index is 13.0. The minimum Gasteiger partial charge on any atom is -0.478 e. The minimum absolute atomic E-state index is 0.0517. The van der Waals surface area contributed by atoms with Crippen molar-refractivity contribution in [1.29, 1.82) is 0 Å². The van der Waals surface area contributed by atoms with E-state index in [1.165, 1.54) is 18.2 Å². The highest BCUT2D eigenvalue weighted by Crippen LogP contribution is 2.33. The van der Waals surface area contributed by atoms with Gasteiger partial charge in [-0.3, -0.25) is 10.1 Å². The first-order valence-electron chi connectivity index (χ1n) is 5.52. The van der Waals surface area contributed by atoms with Crippen LogP contribution in [0.5, 0.6) is 11.5 Å². The van der Waals surface area contributed by atoms with Crippen molar-refractivity contribution in [1.82, 2.24) is 0 Å². The summed E-state index contributed by atoms with van der Waals surface area (Å²) >= 11 is 3.12. The van der Waals surface area contributed by atoms with Crippen LogP contribution in [0.3, 0.4) is 0 Å². The lowest BCUT2D eigenvalue weighted by molar-refractivity contribution is -0.385. The largest absolute Gasteiger partial charge is 0.478 e. The first-order valence-corrected chi connectivity index (χ1v) is 6.32. The Balaban J connectivity index is 2.43. The second-order valence-electron chi connectivity index (χ2n) is 3.95. The van der Waals surface area contributed by atoms with Gasteiger partial charge in [0.1, 0.15) is 11.6 Å². The number of aromatic carboxylic acids is 1. The van der Waals surface area contributed by atoms with Crippen LogP contribution in [-0.2, 0) is 0 Å². The van der Waals surface area contributed by atoms with E-state index in [1.54, 1.807) is 0 Å². The van der Waals surface area contributed by atoms with Gasteiger partial charge in [-0.05, 0) is 30.3 Å². The zero-order valence-electron chi connectivity index (χ0n) is 10.2. The van der Waals surface area contributed by atoms with Gasteiger partial charge in [-0.2, -0.15) is 0 Å². The maximum Gasteiger partial charge on any atom is 0.335 e. The number of carbonyl (C=O) groups is 1. The SMILES string of the molecule is O=C(O)c1cc(Br)cc(Oc2ccc(F)cc2[N+](=O)[O-])c1. The fraction of sp³-hybridized carbons (Fsp3) is 0. The third kappa shape index (κ3) is 3.54. The minimum atomic E-state index is -1.17. The lowest BCUT2D eigenvalue weighted by atomic mass is 10.2. The topological polar surface area (TPSA) is 89.7 Å². The molecule has 21 heavy (non-hydrogen) atoms. The quantitative estimate of drug-likeness (QED) is 0.661. The van der Waals surface area contributed by atoms with Gasteiger partial charge >= 0.3 is 11.7 Å². The monoisotopic (exact) mass is 355 g/mol. The van der Waals surface area contributed by atoms with Gasteiger partial charge in [-0.25, -0.2) is 9.18 Å². The predicted octanol–water partition coefficient (Wildman–Crippen LogP) is 3.99. The zero-order chi connectivity index (χ0) is 15.6. The molecule has 0 aliphatic carbocycles. The molecular weight excluding hydrogens is 349 g/mol. The fourth-order valence-corrected chi connectivity index (χ4v) is 2.06. The van der Waals surface area contributed by atoms with Crippen molar-refractivity contribution in [2.75, 3.05) is 0 Å². The molecule has 1 N–H and O–H groups in total. The van der Waals surface area contributed by atoms with E-state index in [-0.39, 0.29) is 17.1 Å². The standard InChI is InChI=1S/C13H7BrFNO5/c14-8-3-7(13(17)18)4-10(5-8)21-12-2-1-9(15)6-11(12)16(19)20/h1-6H,(H,17,18). The van der Waals surface area contributed by atoms with Gasteiger partial charge in [0.2, 0.25) is 5.75 Å². The molecule has 0 aliphatic heterocycles. The summed E-state index contributed by atoms with van der Waals surface area (Å²) < 4.78 is 18.8. The third-order valence-electron chi connectivity index (χ3n) is 2.46. The number of ether oxygens (including phenoxy) is 1. The lowest BCUT2D eigenvalue weighted by Crippen LogP contribution is -1.98. The van der Waals surface area contributed by atoms with Crippen LogP contribution in [0.25, 0.3) is 0 Å². The molecule has 6 nitrogen and oxygen atoms in total. The number of rotatable bonds is 4. The molecular formula is C13H7BrFNO5. The number of hydrogen-bond donors (Lipinski definition) is 1. The Morgan fingerprint density at radius 2 is 2.00 bits per heavy atom. The summed E-state index contributed by atoms with van der Waals surface area (Å²) in [7, 11) is 0. The maximum absolute atomic E-state index is 13.0. The van der Waals surface area contributed by atoms with Crippen LogP contribution < -0.4 is 4.74 Å². The average Bonchev–Trinajstić information content (AvgIpc) is 2.40. The molecule has 0 saturated heterocycles. The van der Waals surface area contributed by atoms with Crippen LogP contribution in [0.15, 0.2) is 40.9 Å². The molecule has 0 unspecified atom stereocenters. The predicted molar refractivity (Wildman–Crippen MR) is 74.2 cm³/mol. The van der Waals surface area contributed by atoms with Crippen molar-refractivity contribution < 1.29 is 24.0 Å². The Kier molecular flexibility index (Phi) is 4.18. The average molecular weight is 356 g/mol. The number of carboxylic acids is 1. The smallest absolute Gasteiger partial charge is 0.335 e. The number of benzene rings is 2. The number of hydrogen-bond acceptors (Lipinski definition) is 4. The highest BCUT2D eigenvalue weighted by atomic mass is 79.9. The Morgan fingerprint density at radius 3 is 2.62 bits per heavy atom. The first kappa shape index (κ1) is 14.9. The van der Waals surface area contributed by atoms with Crippen LogP contribution >= 0.6 is 15.9 Å². The summed E-state index contributed by atoms with van der Waals surface area (Å²) in [6, 6.07) is 6.85. The molecule has 0 aliphatic rings. The molecule has 108 valence electrons. The summed E-state index contributed by atoms with van der Waals surface area (Å²) in [4.78, 5) is 21.0. The van der Waals surface area contributed by atoms with Gasteiger partial charge in [-0.15, -0.1) is 0 Å². The normalized spacial score (nSPS) is 10.2. The van der Waals surface area contributed by atoms with E-state index in [4.69, 9.17) is 9.84 Å². The van der Waals surface area contributed by atoms with Crippen molar-refractivity contribution in [2.45, 2.75) is 0 Å². The van der Waals surface area contributed by atoms with Gasteiger partial charge in [0.05, 0.1) is 16.6 Å². The second kappa shape index (κ2) is 5.88. The van der Waals surface area contributed by atoms with Crippen molar-refractivity contribution in [3.63, 3.8) is 0 Å². The molecule has 0 aromatic heterocycles. The van der Waals surface area contributed by atoms with E-state index in [9.17, 15) is 19.3 Å². The van der Waals surface area contributed by atoms with Crippen molar-refractivity contribution in [3.05, 3.63) is 62.4 Å². The van der Waals surface area contributed by atoms with Crippen LogP contribution in [0, 0.1) is 15.9 Å². The molecule has 0 heterocycles. The Hall–Kier alpha value is -2.48. The molecule has 2 aromatic rings. The van der Waals surface area contributed by atoms with E-state index in [0.717, 1.165) is 18.2 Å². The summed E-state index contributed by atoms with van der Waals surface area (Å²) in [5.41, 5.74) is -0.601. The van der Waals surface area contributed by atoms with E-state index in [2.05, 4.69) is 15.9 Å². The molecule has 8 heteroatoms. The Morgan fingerprint density at radius 1 is 1.29 bits per heavy atom. The van der Waals surface area contributed by atoms with E-state index in [0.29, 0.717) is 4.47 Å². The van der Waals surface area contributed by atoms with E-state index < -0.39 is 22.4 Å². The zero-order valence-corrected chi connectivity index (χ0v) is 11.8. The van der Waals surface area contributed by atoms with Gasteiger partial charge in [0.25, 0.3) is 0 Å². The number of nitrogens with zero attached hydrogens (tertiary/aromatic N) is 1. The van der Waals surface area contributed by atoms with Gasteiger partial charge < -0.3 is 9.84 Å². The molecule has 0 spiro atoms. The lowest BCUT2D eigenvalue weighted by Gasteiger charge is -2.08. The van der Waals surface area contributed by atoms with Gasteiger partial charge in [-0.1, -0.05) is 15.9 Å². The summed E-state index contributed by atoms with van der Waals surface area (Å²) in [5.74, 6) is -2.04. The van der Waals surface area contributed by atoms with Crippen LogP contribution in [0.1, 0.15) is 10.4 Å². The number of carboxylic acid groups (broad SMARTS) is 1. The number of nitro benzene ring substituents is 1. The Labute approximate surface area is 126 Å². The summed E-state index contributed by atoms with van der Waals surface area (Å²) in [6.07, 6.45) is 0. The number of halogens is 2. The first-order chi connectivity index (χ1) is 9.86. The molecule has 0 fully saturated rings. The molecule has 0 saturated carbocycles. The highest BCUT2D eigenvalue weighted by Gasteiger charge is 2.18. The summed E-state index contributed by atoms with van der Waals surface area (Å²) in [5, 5.41) is 19.8. The van der Waals surface area contributed by atoms with Gasteiger partial charge in [0.15, 0.2) is 0 Å². The van der Waals surface area contributed by atoms with E-state index >= 15 is 0 Å². The fourth-order valence-electron chi connectivity index (χ4n) is 1.59. The molecule has 2 aromatic carbocycles. The summed E-state index contributed by atoms with van der Waals surface area (Å²) in [6.45, 7) is 0. The third-order valence-corrected chi connectivity index (χ3v) is 2.92. The van der Waals surface area contributed by atoms with Crippen molar-refractivity contribution in [3.8, 4) is 11.5 Å². The molecule has 0 amide bonds. The van der Waals surface area contributed by atoms with Crippen LogP contribution in [0.2, 0.25) is 0 Å². The van der Waals surface area contributed by atoms with Gasteiger partial charge in [0, 0.05) is 4.47 Å². The van der Waals surface area contributed by atoms with Crippen molar-refractivity contribution >= 4 is 27.6 Å². The van der Waals surface area contributed by atoms with E-state index in [1.807, 2.05) is 0 Å². The van der Waals surface area contributed by atoms with Crippen LogP contribution in [0.4, 0.5) is 10.1 Å². The van der Waals surface area contributed by atoms with Crippen LogP contribution in [-0.4, -0.2) is 16.0 Å². The molecule has 0 atom stereocenters. The highest BCUT2D eigenvalue weighted by molar-refractivity contribution is 9.10. The molecule has 2 rings (SSSR count).